The zero-order chi connectivity index (χ0) is 21.9. The number of halogens is 1. The van der Waals surface area contributed by atoms with Crippen LogP contribution in [0.4, 0.5) is 4.39 Å². The van der Waals surface area contributed by atoms with Crippen molar-refractivity contribution < 1.29 is 33.7 Å². The van der Waals surface area contributed by atoms with E-state index in [1.54, 1.807) is 33.8 Å². The minimum absolute atomic E-state index is 0.0841. The van der Waals surface area contributed by atoms with Crippen LogP contribution in [0.5, 0.6) is 0 Å². The van der Waals surface area contributed by atoms with Gasteiger partial charge in [-0.3, -0.25) is 4.79 Å². The van der Waals surface area contributed by atoms with Crippen LogP contribution in [0.2, 0.25) is 0 Å². The molecule has 1 heterocycles. The average Bonchev–Trinajstić information content (AvgIpc) is 3.04. The van der Waals surface area contributed by atoms with Gasteiger partial charge in [-0.2, -0.15) is 0 Å². The molecule has 5 rings (SSSR count). The van der Waals surface area contributed by atoms with Crippen molar-refractivity contribution in [3.05, 3.63) is 23.8 Å². The fourth-order valence-electron chi connectivity index (χ4n) is 7.66. The smallest absolute Gasteiger partial charge is 0.178 e. The molecule has 0 radical (unpaired) electrons. The predicted octanol–water partition coefficient (Wildman–Crippen LogP) is 1.61. The Labute approximate surface area is 175 Å². The first-order chi connectivity index (χ1) is 13.8. The summed E-state index contributed by atoms with van der Waals surface area (Å²) in [6.45, 7) is 6.83. The fraction of sp³-hybridized carbons (Fsp3) is 0.739. The quantitative estimate of drug-likeness (QED) is 0.694. The van der Waals surface area contributed by atoms with Crippen LogP contribution < -0.4 is 5.11 Å². The Bertz CT molecular complexity index is 909. The summed E-state index contributed by atoms with van der Waals surface area (Å²) in [7, 11) is 0. The highest BCUT2D eigenvalue weighted by Gasteiger charge is 2.78. The third-order valence-electron chi connectivity index (χ3n) is 8.94. The van der Waals surface area contributed by atoms with Gasteiger partial charge in [0.15, 0.2) is 17.2 Å². The van der Waals surface area contributed by atoms with Crippen molar-refractivity contribution in [2.24, 2.45) is 22.7 Å². The van der Waals surface area contributed by atoms with Gasteiger partial charge in [-0.05, 0) is 64.5 Å². The zero-order valence-electron chi connectivity index (χ0n) is 17.7. The second kappa shape index (κ2) is 5.61. The molecule has 1 aliphatic heterocycles. The van der Waals surface area contributed by atoms with Gasteiger partial charge in [0.2, 0.25) is 0 Å². The van der Waals surface area contributed by atoms with Crippen molar-refractivity contribution in [1.82, 2.24) is 0 Å². The van der Waals surface area contributed by atoms with Crippen molar-refractivity contribution in [3.63, 3.8) is 0 Å². The molecule has 0 bridgehead atoms. The molecule has 7 heteroatoms. The maximum absolute atomic E-state index is 17.0. The first-order valence-electron chi connectivity index (χ1n) is 10.7. The van der Waals surface area contributed by atoms with Gasteiger partial charge in [0, 0.05) is 16.7 Å². The zero-order valence-corrected chi connectivity index (χ0v) is 17.7. The predicted molar refractivity (Wildman–Crippen MR) is 102 cm³/mol. The van der Waals surface area contributed by atoms with Gasteiger partial charge < -0.3 is 24.5 Å². The summed E-state index contributed by atoms with van der Waals surface area (Å²) in [6, 6.07) is 0. The number of fused-ring (bicyclic) bond motifs is 7. The summed E-state index contributed by atoms with van der Waals surface area (Å²) < 4.78 is 29.0. The number of aliphatic carboxylic acids is 1. The van der Waals surface area contributed by atoms with E-state index in [1.807, 2.05) is 0 Å². The van der Waals surface area contributed by atoms with Gasteiger partial charge in [0.1, 0.15) is 5.60 Å². The third-order valence-corrected chi connectivity index (χ3v) is 8.94. The molecule has 1 saturated heterocycles. The summed E-state index contributed by atoms with van der Waals surface area (Å²) in [5.41, 5.74) is -5.22. The van der Waals surface area contributed by atoms with Crippen LogP contribution in [-0.4, -0.2) is 46.1 Å². The van der Waals surface area contributed by atoms with Crippen LogP contribution in [0.3, 0.4) is 0 Å². The minimum Gasteiger partial charge on any atom is -0.547 e. The lowest BCUT2D eigenvalue weighted by molar-refractivity contribution is -0.342. The molecule has 4 aliphatic carbocycles. The molecule has 0 spiro atoms. The molecular weight excluding hydrogens is 391 g/mol. The standard InChI is InChI=1S/C23H29FO6/c1-19(2)29-17-10-15-14-6-5-12-9-13(25)7-8-20(12,3)22(14,24)16(26)11-21(15,4)23(17,30-19)18(27)28/h7-9,14-17,26H,5-6,10-11H2,1-4H3,(H,27,28)/p-1/t14-,15+,16+,17+,20-,21-,22-,23-/m0/s1. The van der Waals surface area contributed by atoms with E-state index in [1.165, 1.54) is 12.2 Å². The van der Waals surface area contributed by atoms with Gasteiger partial charge in [-0.1, -0.05) is 18.6 Å². The molecular formula is C23H28FO6-. The summed E-state index contributed by atoms with van der Waals surface area (Å²) in [6.07, 6.45) is 3.45. The molecule has 0 unspecified atom stereocenters. The molecule has 164 valence electrons. The van der Waals surface area contributed by atoms with Gasteiger partial charge in [0.05, 0.1) is 18.2 Å². The molecule has 3 saturated carbocycles. The van der Waals surface area contributed by atoms with Gasteiger partial charge in [0.25, 0.3) is 0 Å². The maximum Gasteiger partial charge on any atom is 0.178 e. The SMILES string of the molecule is CC1(C)O[C@@H]2C[C@@H]3[C@@H]4CCC5=CC(=O)C=C[C@]5(C)[C@@]4(F)[C@H](O)C[C@]3(C)[C@]2(C(=O)[O-])O1. The molecule has 0 aromatic rings. The lowest BCUT2D eigenvalue weighted by atomic mass is 9.45. The Kier molecular flexibility index (Phi) is 3.81. The minimum atomic E-state index is -2.01. The van der Waals surface area contributed by atoms with E-state index >= 15 is 4.39 Å². The summed E-state index contributed by atoms with van der Waals surface area (Å²) >= 11 is 0. The molecule has 0 amide bonds. The highest BCUT2D eigenvalue weighted by atomic mass is 19.1. The summed E-state index contributed by atoms with van der Waals surface area (Å²) in [5, 5.41) is 23.7. The van der Waals surface area contributed by atoms with Crippen molar-refractivity contribution in [2.45, 2.75) is 82.6 Å². The van der Waals surface area contributed by atoms with E-state index in [9.17, 15) is 19.8 Å². The topological polar surface area (TPSA) is 95.9 Å². The number of rotatable bonds is 1. The van der Waals surface area contributed by atoms with Crippen LogP contribution >= 0.6 is 0 Å². The van der Waals surface area contributed by atoms with Crippen molar-refractivity contribution in [1.29, 1.82) is 0 Å². The largest absolute Gasteiger partial charge is 0.547 e. The highest BCUT2D eigenvalue weighted by molar-refractivity contribution is 6.01. The number of carbonyl (C=O) groups is 2. The molecule has 0 aromatic heterocycles. The number of alkyl halides is 1. The molecule has 0 aromatic carbocycles. The average molecular weight is 419 g/mol. The lowest BCUT2D eigenvalue weighted by Gasteiger charge is -2.63. The van der Waals surface area contributed by atoms with Crippen LogP contribution in [0.25, 0.3) is 0 Å². The van der Waals surface area contributed by atoms with Gasteiger partial charge >= 0.3 is 0 Å². The molecule has 8 atom stereocenters. The van der Waals surface area contributed by atoms with E-state index in [4.69, 9.17) is 9.47 Å². The third kappa shape index (κ3) is 2.04. The number of aliphatic hydroxyl groups is 1. The second-order valence-corrected chi connectivity index (χ2v) is 10.6. The number of carboxylic acid groups (broad SMARTS) is 1. The van der Waals surface area contributed by atoms with Crippen molar-refractivity contribution in [3.8, 4) is 0 Å². The monoisotopic (exact) mass is 419 g/mol. The Morgan fingerprint density at radius 3 is 2.63 bits per heavy atom. The van der Waals surface area contributed by atoms with Gasteiger partial charge in [-0.15, -0.1) is 0 Å². The van der Waals surface area contributed by atoms with Crippen LogP contribution in [-0.2, 0) is 19.1 Å². The van der Waals surface area contributed by atoms with E-state index < -0.39 is 52.0 Å². The van der Waals surface area contributed by atoms with Crippen LogP contribution in [0.1, 0.15) is 53.4 Å². The molecule has 4 fully saturated rings. The highest BCUT2D eigenvalue weighted by Crippen LogP contribution is 2.72. The van der Waals surface area contributed by atoms with E-state index in [0.29, 0.717) is 24.8 Å². The van der Waals surface area contributed by atoms with Crippen molar-refractivity contribution in [2.75, 3.05) is 0 Å². The van der Waals surface area contributed by atoms with Gasteiger partial charge in [-0.25, -0.2) is 4.39 Å². The fourth-order valence-corrected chi connectivity index (χ4v) is 7.66. The number of ether oxygens (including phenoxy) is 2. The van der Waals surface area contributed by atoms with E-state index in [-0.39, 0.29) is 18.1 Å². The Balaban J connectivity index is 1.64. The number of ketones is 1. The maximum atomic E-state index is 17.0. The number of allylic oxidation sites excluding steroid dienone is 4. The Morgan fingerprint density at radius 1 is 1.27 bits per heavy atom. The number of aliphatic hydroxyl groups excluding tert-OH is 1. The second-order valence-electron chi connectivity index (χ2n) is 10.6. The van der Waals surface area contributed by atoms with Crippen molar-refractivity contribution >= 4 is 11.8 Å². The first kappa shape index (κ1) is 20.3. The summed E-state index contributed by atoms with van der Waals surface area (Å²) in [5.74, 6) is -3.60. The number of carbonyl (C=O) groups excluding carboxylic acids is 2. The Hall–Kier alpha value is -1.57. The number of carboxylic acids is 1. The van der Waals surface area contributed by atoms with Crippen LogP contribution in [0, 0.1) is 22.7 Å². The molecule has 1 N–H and O–H groups in total. The number of hydrogen-bond acceptors (Lipinski definition) is 6. The number of hydrogen-bond donors (Lipinski definition) is 1. The normalized spacial score (nSPS) is 53.4. The molecule has 5 aliphatic rings. The van der Waals surface area contributed by atoms with E-state index in [2.05, 4.69) is 0 Å². The molecule has 6 nitrogen and oxygen atoms in total. The first-order valence-corrected chi connectivity index (χ1v) is 10.7. The van der Waals surface area contributed by atoms with Crippen LogP contribution in [0.15, 0.2) is 23.8 Å². The molecule has 30 heavy (non-hydrogen) atoms. The summed E-state index contributed by atoms with van der Waals surface area (Å²) in [4.78, 5) is 24.4. The Morgan fingerprint density at radius 2 is 1.97 bits per heavy atom. The van der Waals surface area contributed by atoms with E-state index in [0.717, 1.165) is 0 Å². The lowest BCUT2D eigenvalue weighted by Crippen LogP contribution is -2.71.